The molecule has 2 aliphatic heterocycles. The lowest BCUT2D eigenvalue weighted by Gasteiger charge is -2.48. The van der Waals surface area contributed by atoms with E-state index in [9.17, 15) is 14.4 Å². The Labute approximate surface area is 178 Å². The normalized spacial score (nSPS) is 20.5. The van der Waals surface area contributed by atoms with Crippen LogP contribution >= 0.6 is 23.2 Å². The number of hydrogen-bond donors (Lipinski definition) is 1. The number of nitrogens with zero attached hydrogens (tertiary/aromatic N) is 2. The molecule has 1 atom stereocenters. The highest BCUT2D eigenvalue weighted by molar-refractivity contribution is 6.35. The molecule has 6 nitrogen and oxygen atoms in total. The molecule has 1 N–H and O–H groups in total. The van der Waals surface area contributed by atoms with Crippen LogP contribution in [0.2, 0.25) is 10.0 Å². The van der Waals surface area contributed by atoms with E-state index in [1.807, 2.05) is 13.0 Å². The average Bonchev–Trinajstić information content (AvgIpc) is 3.00. The highest BCUT2D eigenvalue weighted by atomic mass is 35.5. The van der Waals surface area contributed by atoms with Crippen molar-refractivity contribution in [2.75, 3.05) is 16.8 Å². The number of fused-ring (bicyclic) bond motifs is 3. The van der Waals surface area contributed by atoms with Crippen molar-refractivity contribution >= 4 is 52.3 Å². The Morgan fingerprint density at radius 1 is 1.17 bits per heavy atom. The molecule has 1 unspecified atom stereocenters. The number of halogens is 2. The predicted octanol–water partition coefficient (Wildman–Crippen LogP) is 4.32. The first-order chi connectivity index (χ1) is 13.8. The number of nitrogens with one attached hydrogen (secondary N) is 1. The zero-order valence-corrected chi connectivity index (χ0v) is 17.3. The van der Waals surface area contributed by atoms with Gasteiger partial charge in [-0.05, 0) is 43.7 Å². The van der Waals surface area contributed by atoms with Crippen molar-refractivity contribution in [3.8, 4) is 0 Å². The molecule has 0 radical (unpaired) electrons. The molecule has 8 heteroatoms. The summed E-state index contributed by atoms with van der Waals surface area (Å²) < 4.78 is 0. The van der Waals surface area contributed by atoms with Gasteiger partial charge in [0.05, 0.1) is 22.0 Å². The standard InChI is InChI=1S/C21H19Cl2N3O3/c1-21-10-8-19(28)26(21)17-5-3-2-4-14(17)20(29)25(21)11-9-18(27)24-16-12-13(22)6-7-15(16)23/h2-7,12H,8-11H2,1H3,(H,24,27). The van der Waals surface area contributed by atoms with Gasteiger partial charge in [-0.25, -0.2) is 0 Å². The summed E-state index contributed by atoms with van der Waals surface area (Å²) in [5.41, 5.74) is 0.743. The van der Waals surface area contributed by atoms with Gasteiger partial charge in [0.25, 0.3) is 5.91 Å². The molecule has 4 rings (SSSR count). The van der Waals surface area contributed by atoms with Gasteiger partial charge >= 0.3 is 0 Å². The summed E-state index contributed by atoms with van der Waals surface area (Å²) in [6.45, 7) is 2.05. The highest BCUT2D eigenvalue weighted by Crippen LogP contribution is 2.44. The van der Waals surface area contributed by atoms with Gasteiger partial charge in [-0.1, -0.05) is 35.3 Å². The maximum Gasteiger partial charge on any atom is 0.257 e. The lowest BCUT2D eigenvalue weighted by atomic mass is 9.98. The van der Waals surface area contributed by atoms with Gasteiger partial charge in [0, 0.05) is 24.4 Å². The largest absolute Gasteiger partial charge is 0.325 e. The second-order valence-corrected chi connectivity index (χ2v) is 8.19. The number of hydrogen-bond acceptors (Lipinski definition) is 3. The lowest BCUT2D eigenvalue weighted by molar-refractivity contribution is -0.117. The summed E-state index contributed by atoms with van der Waals surface area (Å²) in [4.78, 5) is 41.5. The Morgan fingerprint density at radius 3 is 2.72 bits per heavy atom. The third-order valence-electron chi connectivity index (χ3n) is 5.51. The Kier molecular flexibility index (Phi) is 5.00. The van der Waals surface area contributed by atoms with Gasteiger partial charge in [0.15, 0.2) is 0 Å². The number of para-hydroxylation sites is 1. The van der Waals surface area contributed by atoms with Crippen LogP contribution in [0.4, 0.5) is 11.4 Å². The van der Waals surface area contributed by atoms with Crippen molar-refractivity contribution in [2.24, 2.45) is 0 Å². The fourth-order valence-electron chi connectivity index (χ4n) is 4.06. The maximum atomic E-state index is 13.2. The molecule has 0 spiro atoms. The molecule has 2 aliphatic rings. The van der Waals surface area contributed by atoms with Crippen LogP contribution in [0, 0.1) is 0 Å². The minimum atomic E-state index is -0.781. The fourth-order valence-corrected chi connectivity index (χ4v) is 4.40. The quantitative estimate of drug-likeness (QED) is 0.783. The van der Waals surface area contributed by atoms with Crippen molar-refractivity contribution in [3.63, 3.8) is 0 Å². The molecule has 29 heavy (non-hydrogen) atoms. The van der Waals surface area contributed by atoms with Gasteiger partial charge in [-0.3, -0.25) is 19.3 Å². The zero-order chi connectivity index (χ0) is 20.8. The number of amides is 3. The fraction of sp³-hybridized carbons (Fsp3) is 0.286. The van der Waals surface area contributed by atoms with Gasteiger partial charge in [0.1, 0.15) is 5.66 Å². The lowest BCUT2D eigenvalue weighted by Crippen LogP contribution is -2.62. The summed E-state index contributed by atoms with van der Waals surface area (Å²) in [6.07, 6.45) is 0.945. The molecule has 3 amide bonds. The molecule has 0 aliphatic carbocycles. The smallest absolute Gasteiger partial charge is 0.257 e. The van der Waals surface area contributed by atoms with E-state index in [1.54, 1.807) is 46.2 Å². The van der Waals surface area contributed by atoms with E-state index >= 15 is 0 Å². The average molecular weight is 432 g/mol. The third-order valence-corrected chi connectivity index (χ3v) is 6.08. The van der Waals surface area contributed by atoms with E-state index in [-0.39, 0.29) is 30.7 Å². The van der Waals surface area contributed by atoms with E-state index in [0.29, 0.717) is 39.8 Å². The first-order valence-corrected chi connectivity index (χ1v) is 10.1. The Hall–Kier alpha value is -2.57. The van der Waals surface area contributed by atoms with Gasteiger partial charge < -0.3 is 10.2 Å². The van der Waals surface area contributed by atoms with Crippen molar-refractivity contribution in [1.29, 1.82) is 0 Å². The number of carbonyl (C=O) groups is 3. The molecule has 150 valence electrons. The first kappa shape index (κ1) is 19.7. The van der Waals surface area contributed by atoms with Crippen LogP contribution in [0.15, 0.2) is 42.5 Å². The van der Waals surface area contributed by atoms with Crippen LogP contribution in [0.5, 0.6) is 0 Å². The Balaban J connectivity index is 1.55. The summed E-state index contributed by atoms with van der Waals surface area (Å²) in [6, 6.07) is 11.9. The zero-order valence-electron chi connectivity index (χ0n) is 15.7. The van der Waals surface area contributed by atoms with Crippen LogP contribution in [0.3, 0.4) is 0 Å². The molecular formula is C21H19Cl2N3O3. The maximum absolute atomic E-state index is 13.2. The van der Waals surface area contributed by atoms with E-state index in [2.05, 4.69) is 5.32 Å². The summed E-state index contributed by atoms with van der Waals surface area (Å²) in [5.74, 6) is -0.490. The molecule has 0 bridgehead atoms. The van der Waals surface area contributed by atoms with Crippen LogP contribution < -0.4 is 10.2 Å². The predicted molar refractivity (Wildman–Crippen MR) is 112 cm³/mol. The first-order valence-electron chi connectivity index (χ1n) is 9.30. The molecule has 2 aromatic rings. The van der Waals surface area contributed by atoms with Crippen LogP contribution in [-0.2, 0) is 9.59 Å². The van der Waals surface area contributed by atoms with Gasteiger partial charge in [-0.15, -0.1) is 0 Å². The van der Waals surface area contributed by atoms with E-state index in [0.717, 1.165) is 0 Å². The van der Waals surface area contributed by atoms with E-state index in [1.165, 1.54) is 0 Å². The van der Waals surface area contributed by atoms with Crippen molar-refractivity contribution in [1.82, 2.24) is 4.90 Å². The highest BCUT2D eigenvalue weighted by Gasteiger charge is 2.52. The van der Waals surface area contributed by atoms with Crippen LogP contribution in [0.25, 0.3) is 0 Å². The molecule has 2 aromatic carbocycles. The van der Waals surface area contributed by atoms with Crippen molar-refractivity contribution in [2.45, 2.75) is 31.8 Å². The number of benzene rings is 2. The van der Waals surface area contributed by atoms with E-state index < -0.39 is 5.66 Å². The summed E-state index contributed by atoms with van der Waals surface area (Å²) >= 11 is 12.1. The molecule has 1 saturated heterocycles. The summed E-state index contributed by atoms with van der Waals surface area (Å²) in [7, 11) is 0. The minimum absolute atomic E-state index is 0.0207. The number of carbonyl (C=O) groups excluding carboxylic acids is 3. The molecular weight excluding hydrogens is 413 g/mol. The van der Waals surface area contributed by atoms with Gasteiger partial charge in [-0.2, -0.15) is 0 Å². The Bertz CT molecular complexity index is 1030. The minimum Gasteiger partial charge on any atom is -0.325 e. The second-order valence-electron chi connectivity index (χ2n) is 7.34. The molecule has 1 fully saturated rings. The molecule has 2 heterocycles. The van der Waals surface area contributed by atoms with Crippen molar-refractivity contribution < 1.29 is 14.4 Å². The topological polar surface area (TPSA) is 69.7 Å². The SMILES string of the molecule is CC12CCC(=O)N1c1ccccc1C(=O)N2CCC(=O)Nc1cc(Cl)ccc1Cl. The summed E-state index contributed by atoms with van der Waals surface area (Å²) in [5, 5.41) is 3.57. The van der Waals surface area contributed by atoms with Gasteiger partial charge in [0.2, 0.25) is 11.8 Å². The molecule has 0 aromatic heterocycles. The Morgan fingerprint density at radius 2 is 1.93 bits per heavy atom. The van der Waals surface area contributed by atoms with E-state index in [4.69, 9.17) is 23.2 Å². The van der Waals surface area contributed by atoms with Crippen LogP contribution in [-0.4, -0.2) is 34.8 Å². The number of anilines is 2. The van der Waals surface area contributed by atoms with Crippen LogP contribution in [0.1, 0.15) is 36.5 Å². The second kappa shape index (κ2) is 7.35. The molecule has 0 saturated carbocycles. The monoisotopic (exact) mass is 431 g/mol. The third kappa shape index (κ3) is 3.36. The van der Waals surface area contributed by atoms with Crippen molar-refractivity contribution in [3.05, 3.63) is 58.1 Å². The number of rotatable bonds is 4.